The van der Waals surface area contributed by atoms with Gasteiger partial charge in [0, 0.05) is 19.5 Å². The largest absolute Gasteiger partial charge is 0.490 e. The average molecular weight is 364 g/mol. The molecule has 7 nitrogen and oxygen atoms in total. The molecule has 3 amide bonds. The van der Waals surface area contributed by atoms with Crippen LogP contribution in [0.2, 0.25) is 0 Å². The Kier molecular flexibility index (Phi) is 9.51. The van der Waals surface area contributed by atoms with Crippen molar-refractivity contribution in [3.8, 4) is 5.75 Å². The number of hydrogen-bond acceptors (Lipinski definition) is 4. The molecule has 146 valence electrons. The molecule has 0 atom stereocenters. The van der Waals surface area contributed by atoms with Crippen molar-refractivity contribution in [1.29, 1.82) is 0 Å². The van der Waals surface area contributed by atoms with Crippen molar-refractivity contribution in [2.45, 2.75) is 40.0 Å². The third-order valence-corrected chi connectivity index (χ3v) is 3.50. The summed E-state index contributed by atoms with van der Waals surface area (Å²) in [5, 5.41) is 8.76. The number of ether oxygens (including phenoxy) is 1. The predicted octanol–water partition coefficient (Wildman–Crippen LogP) is 2.48. The molecule has 0 aliphatic heterocycles. The first kappa shape index (κ1) is 21.8. The quantitative estimate of drug-likeness (QED) is 0.453. The van der Waals surface area contributed by atoms with Gasteiger partial charge >= 0.3 is 6.03 Å². The van der Waals surface area contributed by atoms with E-state index in [0.717, 1.165) is 19.4 Å². The standard InChI is InChI=1S/C19H32N4O3/c1-19(2,3)14-22-17(24)10-6-7-11-21-12-13-26-16-9-5-4-8-15(16)23-18(20)25/h4-5,8-9,21H,6-7,10-14H2,1-3H3,(H,22,24)(H3,20,23,25). The number of hydrogen-bond donors (Lipinski definition) is 4. The first-order valence-electron chi connectivity index (χ1n) is 9.03. The molecule has 0 aromatic heterocycles. The van der Waals surface area contributed by atoms with Gasteiger partial charge in [-0.1, -0.05) is 32.9 Å². The molecule has 0 aliphatic rings. The first-order chi connectivity index (χ1) is 12.3. The van der Waals surface area contributed by atoms with Gasteiger partial charge in [-0.3, -0.25) is 4.79 Å². The molecule has 0 saturated carbocycles. The molecule has 0 heterocycles. The van der Waals surface area contributed by atoms with Crippen LogP contribution in [-0.2, 0) is 4.79 Å². The van der Waals surface area contributed by atoms with E-state index in [2.05, 4.69) is 36.7 Å². The highest BCUT2D eigenvalue weighted by molar-refractivity contribution is 5.89. The molecule has 0 aliphatic carbocycles. The highest BCUT2D eigenvalue weighted by Crippen LogP contribution is 2.23. The van der Waals surface area contributed by atoms with E-state index in [4.69, 9.17) is 10.5 Å². The maximum Gasteiger partial charge on any atom is 0.316 e. The van der Waals surface area contributed by atoms with Crippen molar-refractivity contribution in [2.24, 2.45) is 11.1 Å². The number of benzene rings is 1. The second-order valence-electron chi connectivity index (χ2n) is 7.38. The molecule has 5 N–H and O–H groups in total. The van der Waals surface area contributed by atoms with Gasteiger partial charge in [0.15, 0.2) is 0 Å². The smallest absolute Gasteiger partial charge is 0.316 e. The van der Waals surface area contributed by atoms with Gasteiger partial charge in [-0.2, -0.15) is 0 Å². The SMILES string of the molecule is CC(C)(C)CNC(=O)CCCCNCCOc1ccccc1NC(N)=O. The Balaban J connectivity index is 2.08. The van der Waals surface area contributed by atoms with Gasteiger partial charge in [-0.25, -0.2) is 4.79 Å². The molecule has 1 aromatic rings. The Morgan fingerprint density at radius 1 is 1.12 bits per heavy atom. The Hall–Kier alpha value is -2.28. The van der Waals surface area contributed by atoms with Crippen LogP contribution >= 0.6 is 0 Å². The second kappa shape index (κ2) is 11.4. The first-order valence-corrected chi connectivity index (χ1v) is 9.03. The van der Waals surface area contributed by atoms with Crippen LogP contribution in [0.5, 0.6) is 5.75 Å². The van der Waals surface area contributed by atoms with Crippen LogP contribution in [0.15, 0.2) is 24.3 Å². The second-order valence-corrected chi connectivity index (χ2v) is 7.38. The van der Waals surface area contributed by atoms with E-state index in [1.807, 2.05) is 6.07 Å². The van der Waals surface area contributed by atoms with Crippen LogP contribution in [0.3, 0.4) is 0 Å². The molecule has 0 unspecified atom stereocenters. The van der Waals surface area contributed by atoms with E-state index in [1.54, 1.807) is 18.2 Å². The van der Waals surface area contributed by atoms with Crippen LogP contribution < -0.4 is 26.4 Å². The Morgan fingerprint density at radius 2 is 1.85 bits per heavy atom. The summed E-state index contributed by atoms with van der Waals surface area (Å²) in [6.07, 6.45) is 2.35. The molecule has 0 radical (unpaired) electrons. The molecule has 0 spiro atoms. The normalized spacial score (nSPS) is 11.0. The molecule has 7 heteroatoms. The van der Waals surface area contributed by atoms with E-state index in [1.165, 1.54) is 0 Å². The molecule has 0 saturated heterocycles. The molecular weight excluding hydrogens is 332 g/mol. The number of urea groups is 1. The minimum Gasteiger partial charge on any atom is -0.490 e. The Labute approximate surface area is 156 Å². The lowest BCUT2D eigenvalue weighted by atomic mass is 9.97. The summed E-state index contributed by atoms with van der Waals surface area (Å²) in [7, 11) is 0. The van der Waals surface area contributed by atoms with Crippen LogP contribution in [0.25, 0.3) is 0 Å². The Bertz CT molecular complexity index is 570. The van der Waals surface area contributed by atoms with Gasteiger partial charge in [0.05, 0.1) is 5.69 Å². The highest BCUT2D eigenvalue weighted by atomic mass is 16.5. The third kappa shape index (κ3) is 10.6. The fraction of sp³-hybridized carbons (Fsp3) is 0.579. The van der Waals surface area contributed by atoms with Crippen molar-refractivity contribution in [3.63, 3.8) is 0 Å². The summed E-state index contributed by atoms with van der Waals surface area (Å²) in [4.78, 5) is 22.6. The van der Waals surface area contributed by atoms with E-state index >= 15 is 0 Å². The molecule has 26 heavy (non-hydrogen) atoms. The summed E-state index contributed by atoms with van der Waals surface area (Å²) in [5.41, 5.74) is 5.80. The zero-order chi connectivity index (χ0) is 19.4. The number of rotatable bonds is 11. The highest BCUT2D eigenvalue weighted by Gasteiger charge is 2.11. The zero-order valence-corrected chi connectivity index (χ0v) is 16.1. The van der Waals surface area contributed by atoms with Gasteiger partial charge < -0.3 is 26.4 Å². The van der Waals surface area contributed by atoms with Gasteiger partial charge in [-0.05, 0) is 36.9 Å². The molecular formula is C19H32N4O3. The number of para-hydroxylation sites is 2. The van der Waals surface area contributed by atoms with Gasteiger partial charge in [0.2, 0.25) is 5.91 Å². The van der Waals surface area contributed by atoms with Gasteiger partial charge in [0.25, 0.3) is 0 Å². The van der Waals surface area contributed by atoms with Crippen molar-refractivity contribution < 1.29 is 14.3 Å². The zero-order valence-electron chi connectivity index (χ0n) is 16.1. The number of carbonyl (C=O) groups excluding carboxylic acids is 2. The predicted molar refractivity (Wildman–Crippen MR) is 104 cm³/mol. The summed E-state index contributed by atoms with van der Waals surface area (Å²) < 4.78 is 5.65. The van der Waals surface area contributed by atoms with Gasteiger partial charge in [0.1, 0.15) is 12.4 Å². The van der Waals surface area contributed by atoms with E-state index in [0.29, 0.717) is 37.6 Å². The molecule has 0 fully saturated rings. The number of carbonyl (C=O) groups is 2. The lowest BCUT2D eigenvalue weighted by Gasteiger charge is -2.18. The molecule has 0 bridgehead atoms. The van der Waals surface area contributed by atoms with E-state index in [-0.39, 0.29) is 11.3 Å². The van der Waals surface area contributed by atoms with Crippen molar-refractivity contribution >= 4 is 17.6 Å². The van der Waals surface area contributed by atoms with Crippen molar-refractivity contribution in [3.05, 3.63) is 24.3 Å². The summed E-state index contributed by atoms with van der Waals surface area (Å²) in [6.45, 7) is 8.99. The lowest BCUT2D eigenvalue weighted by Crippen LogP contribution is -2.32. The van der Waals surface area contributed by atoms with E-state index < -0.39 is 6.03 Å². The van der Waals surface area contributed by atoms with Crippen molar-refractivity contribution in [2.75, 3.05) is 31.6 Å². The number of amides is 3. The average Bonchev–Trinajstić information content (AvgIpc) is 2.55. The van der Waals surface area contributed by atoms with Crippen LogP contribution in [0.4, 0.5) is 10.5 Å². The fourth-order valence-corrected chi connectivity index (χ4v) is 2.17. The topological polar surface area (TPSA) is 105 Å². The minimum atomic E-state index is -0.620. The van der Waals surface area contributed by atoms with E-state index in [9.17, 15) is 9.59 Å². The minimum absolute atomic E-state index is 0.113. The summed E-state index contributed by atoms with van der Waals surface area (Å²) >= 11 is 0. The third-order valence-electron chi connectivity index (χ3n) is 3.50. The monoisotopic (exact) mass is 364 g/mol. The van der Waals surface area contributed by atoms with Crippen LogP contribution in [0.1, 0.15) is 40.0 Å². The summed E-state index contributed by atoms with van der Waals surface area (Å²) in [5.74, 6) is 0.699. The van der Waals surface area contributed by atoms with Crippen LogP contribution in [-0.4, -0.2) is 38.2 Å². The lowest BCUT2D eigenvalue weighted by molar-refractivity contribution is -0.121. The Morgan fingerprint density at radius 3 is 2.54 bits per heavy atom. The number of nitrogens with one attached hydrogen (secondary N) is 3. The molecule has 1 aromatic carbocycles. The summed E-state index contributed by atoms with van der Waals surface area (Å²) in [6, 6.07) is 6.53. The molecule has 1 rings (SSSR count). The fourth-order valence-electron chi connectivity index (χ4n) is 2.17. The maximum absolute atomic E-state index is 11.7. The number of nitrogens with two attached hydrogens (primary N) is 1. The number of primary amides is 1. The number of anilines is 1. The van der Waals surface area contributed by atoms with Crippen molar-refractivity contribution in [1.82, 2.24) is 10.6 Å². The maximum atomic E-state index is 11.7. The number of unbranched alkanes of at least 4 members (excludes halogenated alkanes) is 1. The van der Waals surface area contributed by atoms with Crippen LogP contribution in [0, 0.1) is 5.41 Å². The van der Waals surface area contributed by atoms with Gasteiger partial charge in [-0.15, -0.1) is 0 Å².